The van der Waals surface area contributed by atoms with E-state index in [-0.39, 0.29) is 18.2 Å². The molecular weight excluding hydrogens is 391 g/mol. The van der Waals surface area contributed by atoms with Crippen LogP contribution in [0.5, 0.6) is 0 Å². The summed E-state index contributed by atoms with van der Waals surface area (Å²) in [6.45, 7) is 2.56. The van der Waals surface area contributed by atoms with Crippen molar-refractivity contribution in [3.8, 4) is 0 Å². The molecule has 1 atom stereocenters. The fraction of sp³-hybridized carbons (Fsp3) is 0.429. The van der Waals surface area contributed by atoms with Crippen LogP contribution in [0.2, 0.25) is 0 Å². The van der Waals surface area contributed by atoms with Gasteiger partial charge in [-0.25, -0.2) is 9.37 Å². The fourth-order valence-electron chi connectivity index (χ4n) is 3.89. The smallest absolute Gasteiger partial charge is 0.163 e. The Balaban J connectivity index is 0.00000205. The zero-order valence-electron chi connectivity index (χ0n) is 16.2. The van der Waals surface area contributed by atoms with Gasteiger partial charge >= 0.3 is 0 Å². The van der Waals surface area contributed by atoms with Gasteiger partial charge < -0.3 is 16.0 Å². The van der Waals surface area contributed by atoms with Gasteiger partial charge in [-0.1, -0.05) is 12.1 Å². The highest BCUT2D eigenvalue weighted by molar-refractivity contribution is 5.85. The molecule has 3 N–H and O–H groups in total. The third-order valence-electron chi connectivity index (χ3n) is 5.53. The van der Waals surface area contributed by atoms with Crippen LogP contribution in [0.15, 0.2) is 36.5 Å². The minimum atomic E-state index is -0.221. The predicted octanol–water partition coefficient (Wildman–Crippen LogP) is 3.94. The molecule has 3 heterocycles. The molecule has 2 fully saturated rings. The van der Waals surface area contributed by atoms with Crippen LogP contribution in [0.1, 0.15) is 42.7 Å². The van der Waals surface area contributed by atoms with E-state index >= 15 is 0 Å². The van der Waals surface area contributed by atoms with Gasteiger partial charge in [-0.3, -0.25) is 0 Å². The molecule has 3 aromatic rings. The number of hydrogen-bond donors (Lipinski definition) is 3. The number of benzene rings is 1. The lowest BCUT2D eigenvalue weighted by atomic mass is 10.1. The summed E-state index contributed by atoms with van der Waals surface area (Å²) >= 11 is 0. The number of rotatable bonds is 6. The summed E-state index contributed by atoms with van der Waals surface area (Å²) in [7, 11) is 0. The third-order valence-corrected chi connectivity index (χ3v) is 5.53. The molecule has 1 saturated carbocycles. The highest BCUT2D eigenvalue weighted by Gasteiger charge is 2.28. The van der Waals surface area contributed by atoms with Gasteiger partial charge in [-0.05, 0) is 55.8 Å². The summed E-state index contributed by atoms with van der Waals surface area (Å²) in [5.74, 6) is 2.09. The number of nitrogens with one attached hydrogen (secondary N) is 3. The summed E-state index contributed by atoms with van der Waals surface area (Å²) in [6.07, 6.45) is 6.67. The molecule has 0 spiro atoms. The van der Waals surface area contributed by atoms with Crippen LogP contribution in [-0.2, 0) is 6.54 Å². The van der Waals surface area contributed by atoms with Gasteiger partial charge in [0.2, 0.25) is 0 Å². The number of nitrogens with zero attached hydrogens (tertiary/aromatic N) is 3. The number of piperidine rings is 1. The molecule has 2 aliphatic rings. The van der Waals surface area contributed by atoms with Crippen molar-refractivity contribution in [3.05, 3.63) is 53.5 Å². The Morgan fingerprint density at radius 3 is 2.86 bits per heavy atom. The molecule has 1 aliphatic heterocycles. The predicted molar refractivity (Wildman–Crippen MR) is 115 cm³/mol. The minimum Gasteiger partial charge on any atom is -0.366 e. The lowest BCUT2D eigenvalue weighted by Gasteiger charge is -2.24. The van der Waals surface area contributed by atoms with Crippen LogP contribution in [0.3, 0.4) is 0 Å². The summed E-state index contributed by atoms with van der Waals surface area (Å²) < 4.78 is 15.4. The van der Waals surface area contributed by atoms with E-state index in [2.05, 4.69) is 21.0 Å². The Hall–Kier alpha value is -2.38. The van der Waals surface area contributed by atoms with Crippen LogP contribution in [0.25, 0.3) is 5.65 Å². The molecule has 8 heteroatoms. The second kappa shape index (κ2) is 8.55. The minimum absolute atomic E-state index is 0. The average Bonchev–Trinajstić information content (AvgIpc) is 3.46. The number of anilines is 2. The first-order valence-corrected chi connectivity index (χ1v) is 10.1. The van der Waals surface area contributed by atoms with E-state index in [0.29, 0.717) is 18.5 Å². The zero-order valence-corrected chi connectivity index (χ0v) is 17.0. The van der Waals surface area contributed by atoms with Gasteiger partial charge in [0.25, 0.3) is 0 Å². The molecule has 29 heavy (non-hydrogen) atoms. The monoisotopic (exact) mass is 416 g/mol. The molecule has 5 rings (SSSR count). The van der Waals surface area contributed by atoms with Crippen LogP contribution >= 0.6 is 12.4 Å². The molecule has 0 amide bonds. The maximum Gasteiger partial charge on any atom is 0.163 e. The van der Waals surface area contributed by atoms with Gasteiger partial charge in [0.1, 0.15) is 17.5 Å². The van der Waals surface area contributed by atoms with Crippen molar-refractivity contribution in [2.75, 3.05) is 23.7 Å². The van der Waals surface area contributed by atoms with E-state index in [1.165, 1.54) is 30.9 Å². The number of halogens is 2. The van der Waals surface area contributed by atoms with Gasteiger partial charge in [0, 0.05) is 30.8 Å². The maximum absolute atomic E-state index is 13.5. The average molecular weight is 417 g/mol. The highest BCUT2D eigenvalue weighted by atomic mass is 35.5. The molecule has 1 aromatic carbocycles. The number of aromatic nitrogens is 3. The lowest BCUT2D eigenvalue weighted by molar-refractivity contribution is 0.479. The normalized spacial score (nSPS) is 19.0. The van der Waals surface area contributed by atoms with Gasteiger partial charge in [0.05, 0.1) is 6.20 Å². The highest BCUT2D eigenvalue weighted by Crippen LogP contribution is 2.42. The second-order valence-corrected chi connectivity index (χ2v) is 7.81. The van der Waals surface area contributed by atoms with Crippen molar-refractivity contribution in [3.63, 3.8) is 0 Å². The van der Waals surface area contributed by atoms with Gasteiger partial charge in [0.15, 0.2) is 5.65 Å². The maximum atomic E-state index is 13.5. The SMILES string of the molecule is Cl.Fc1cccc(CNc2cc(N[C@H]3CCCNC3)nc3c(C4CC4)cnn23)c1. The van der Waals surface area contributed by atoms with E-state index < -0.39 is 0 Å². The van der Waals surface area contributed by atoms with Gasteiger partial charge in [-0.15, -0.1) is 12.4 Å². The third kappa shape index (κ3) is 4.46. The van der Waals surface area contributed by atoms with E-state index in [9.17, 15) is 4.39 Å². The standard InChI is InChI=1S/C21H25FN6.ClH/c22-16-4-1-3-14(9-16)11-24-20-10-19(26-17-5-2-8-23-12-17)27-21-18(15-6-7-15)13-25-28(20)21;/h1,3-4,9-10,13,15,17,23-24H,2,5-8,11-12H2,(H,26,27);1H/t17-;/m0./s1. The van der Waals surface area contributed by atoms with Crippen LogP contribution in [0.4, 0.5) is 16.0 Å². The van der Waals surface area contributed by atoms with Crippen LogP contribution in [0, 0.1) is 5.82 Å². The summed E-state index contributed by atoms with van der Waals surface area (Å²) in [6, 6.07) is 9.05. The van der Waals surface area contributed by atoms with Crippen molar-refractivity contribution >= 4 is 29.7 Å². The van der Waals surface area contributed by atoms with Gasteiger partial charge in [-0.2, -0.15) is 9.61 Å². The Bertz CT molecular complexity index is 980. The largest absolute Gasteiger partial charge is 0.366 e. The van der Waals surface area contributed by atoms with Crippen LogP contribution in [-0.4, -0.2) is 33.7 Å². The van der Waals surface area contributed by atoms with E-state index in [1.807, 2.05) is 22.8 Å². The van der Waals surface area contributed by atoms with Crippen molar-refractivity contribution in [2.24, 2.45) is 0 Å². The van der Waals surface area contributed by atoms with Crippen molar-refractivity contribution < 1.29 is 4.39 Å². The Kier molecular flexibility index (Phi) is 5.87. The molecule has 1 aliphatic carbocycles. The number of hydrogen-bond acceptors (Lipinski definition) is 5. The Morgan fingerprint density at radius 1 is 1.21 bits per heavy atom. The topological polar surface area (TPSA) is 66.3 Å². The lowest BCUT2D eigenvalue weighted by Crippen LogP contribution is -2.38. The molecular formula is C21H26ClFN6. The molecule has 0 unspecified atom stereocenters. The number of fused-ring (bicyclic) bond motifs is 1. The summed E-state index contributed by atoms with van der Waals surface area (Å²) in [4.78, 5) is 4.88. The molecule has 2 aromatic heterocycles. The Morgan fingerprint density at radius 2 is 2.10 bits per heavy atom. The van der Waals surface area contributed by atoms with Crippen molar-refractivity contribution in [1.29, 1.82) is 0 Å². The van der Waals surface area contributed by atoms with Crippen molar-refractivity contribution in [1.82, 2.24) is 19.9 Å². The summed E-state index contributed by atoms with van der Waals surface area (Å²) in [5, 5.41) is 15.0. The molecule has 154 valence electrons. The molecule has 0 radical (unpaired) electrons. The fourth-order valence-corrected chi connectivity index (χ4v) is 3.89. The molecule has 6 nitrogen and oxygen atoms in total. The van der Waals surface area contributed by atoms with E-state index in [1.54, 1.807) is 12.1 Å². The zero-order chi connectivity index (χ0) is 18.9. The van der Waals surface area contributed by atoms with Crippen molar-refractivity contribution in [2.45, 2.75) is 44.2 Å². The quantitative estimate of drug-likeness (QED) is 0.568. The first kappa shape index (κ1) is 19.9. The second-order valence-electron chi connectivity index (χ2n) is 7.81. The first-order chi connectivity index (χ1) is 13.8. The van der Waals surface area contributed by atoms with Crippen LogP contribution < -0.4 is 16.0 Å². The summed E-state index contributed by atoms with van der Waals surface area (Å²) in [5.41, 5.74) is 3.03. The molecule has 1 saturated heterocycles. The Labute approximate surface area is 175 Å². The van der Waals surface area contributed by atoms with E-state index in [0.717, 1.165) is 42.4 Å². The van der Waals surface area contributed by atoms with E-state index in [4.69, 9.17) is 4.98 Å². The first-order valence-electron chi connectivity index (χ1n) is 10.1. The molecule has 0 bridgehead atoms.